The van der Waals surface area contributed by atoms with Crippen LogP contribution in [0.5, 0.6) is 0 Å². The topological polar surface area (TPSA) is 52.6 Å². The third-order valence-corrected chi connectivity index (χ3v) is 5.03. The summed E-state index contributed by atoms with van der Waals surface area (Å²) in [5, 5.41) is 7.79. The van der Waals surface area contributed by atoms with E-state index in [1.165, 1.54) is 10.4 Å². The van der Waals surface area contributed by atoms with Crippen LogP contribution in [0.2, 0.25) is 0 Å². The maximum absolute atomic E-state index is 4.42. The third-order valence-electron chi connectivity index (χ3n) is 3.88. The number of thiazole rings is 1. The summed E-state index contributed by atoms with van der Waals surface area (Å²) in [6.45, 7) is 5.80. The first-order valence-electron chi connectivity index (χ1n) is 8.81. The molecule has 0 fully saturated rings. The predicted octanol–water partition coefficient (Wildman–Crippen LogP) is 3.51. The van der Waals surface area contributed by atoms with Gasteiger partial charge in [0.25, 0.3) is 0 Å². The van der Waals surface area contributed by atoms with Crippen LogP contribution in [0.15, 0.2) is 41.5 Å². The minimum Gasteiger partial charge on any atom is -0.356 e. The molecule has 0 bridgehead atoms. The number of rotatable bonds is 9. The summed E-state index contributed by atoms with van der Waals surface area (Å²) in [4.78, 5) is 12.4. The second-order valence-corrected chi connectivity index (χ2v) is 7.20. The summed E-state index contributed by atoms with van der Waals surface area (Å²) in [6, 6.07) is 10.6. The van der Waals surface area contributed by atoms with Gasteiger partial charge in [0, 0.05) is 31.2 Å². The molecule has 0 aliphatic rings. The third kappa shape index (κ3) is 8.46. The number of nitrogens with one attached hydrogen (secondary N) is 2. The summed E-state index contributed by atoms with van der Waals surface area (Å²) in [7, 11) is 3.96. The van der Waals surface area contributed by atoms with E-state index < -0.39 is 0 Å². The molecule has 7 heteroatoms. The van der Waals surface area contributed by atoms with Crippen molar-refractivity contribution in [2.45, 2.75) is 32.9 Å². The van der Waals surface area contributed by atoms with Crippen molar-refractivity contribution in [1.29, 1.82) is 0 Å². The summed E-state index contributed by atoms with van der Waals surface area (Å²) in [5.74, 6) is 0.832. The van der Waals surface area contributed by atoms with Crippen LogP contribution in [-0.4, -0.2) is 43.0 Å². The maximum Gasteiger partial charge on any atom is 0.191 e. The average molecular weight is 487 g/mol. The monoisotopic (exact) mass is 487 g/mol. The van der Waals surface area contributed by atoms with Gasteiger partial charge < -0.3 is 15.5 Å². The summed E-state index contributed by atoms with van der Waals surface area (Å²) in [6.07, 6.45) is 4.07. The molecule has 2 rings (SSSR count). The lowest BCUT2D eigenvalue weighted by Gasteiger charge is -2.17. The van der Waals surface area contributed by atoms with Gasteiger partial charge in [-0.25, -0.2) is 4.98 Å². The van der Waals surface area contributed by atoms with Gasteiger partial charge in [-0.15, -0.1) is 35.3 Å². The van der Waals surface area contributed by atoms with Crippen molar-refractivity contribution in [2.24, 2.45) is 4.99 Å². The fourth-order valence-corrected chi connectivity index (χ4v) is 3.31. The van der Waals surface area contributed by atoms with E-state index in [9.17, 15) is 0 Å². The highest BCUT2D eigenvalue weighted by Gasteiger charge is 2.03. The molecule has 0 spiro atoms. The Balaban J connectivity index is 0.00000338. The normalized spacial score (nSPS) is 11.3. The summed E-state index contributed by atoms with van der Waals surface area (Å²) in [5.41, 5.74) is 1.35. The van der Waals surface area contributed by atoms with E-state index >= 15 is 0 Å². The molecule has 1 heterocycles. The van der Waals surface area contributed by atoms with E-state index in [0.717, 1.165) is 50.0 Å². The van der Waals surface area contributed by atoms with E-state index in [4.69, 9.17) is 0 Å². The zero-order valence-electron chi connectivity index (χ0n) is 15.9. The van der Waals surface area contributed by atoms with Crippen LogP contribution in [0.25, 0.3) is 0 Å². The Kier molecular flexibility index (Phi) is 11.5. The van der Waals surface area contributed by atoms with E-state index in [2.05, 4.69) is 69.8 Å². The van der Waals surface area contributed by atoms with Crippen molar-refractivity contribution < 1.29 is 0 Å². The van der Waals surface area contributed by atoms with Gasteiger partial charge in [-0.2, -0.15) is 0 Å². The molecule has 0 amide bonds. The number of hydrogen-bond acceptors (Lipinski definition) is 4. The largest absolute Gasteiger partial charge is 0.356 e. The van der Waals surface area contributed by atoms with Crippen LogP contribution in [0, 0.1) is 0 Å². The molecule has 0 atom stereocenters. The Morgan fingerprint density at radius 1 is 1.23 bits per heavy atom. The van der Waals surface area contributed by atoms with Gasteiger partial charge in [-0.05, 0) is 32.0 Å². The minimum absolute atomic E-state index is 0. The van der Waals surface area contributed by atoms with Crippen molar-refractivity contribution in [3.05, 3.63) is 52.0 Å². The van der Waals surface area contributed by atoms with Gasteiger partial charge in [0.15, 0.2) is 5.96 Å². The fourth-order valence-electron chi connectivity index (χ4n) is 2.50. The predicted molar refractivity (Wildman–Crippen MR) is 123 cm³/mol. The Hall–Kier alpha value is -1.19. The molecule has 144 valence electrons. The number of benzene rings is 1. The maximum atomic E-state index is 4.42. The molecule has 2 N–H and O–H groups in total. The highest BCUT2D eigenvalue weighted by Crippen LogP contribution is 2.12. The van der Waals surface area contributed by atoms with Gasteiger partial charge in [0.1, 0.15) is 5.01 Å². The standard InChI is InChI=1S/C19H29N5S.HI/c1-4-17-13-22-18(25-17)14-23-19(20-2)21-11-8-12-24(3)15-16-9-6-5-7-10-16;/h5-7,9-10,13H,4,8,11-12,14-15H2,1-3H3,(H2,20,21,23);1H. The van der Waals surface area contributed by atoms with Crippen LogP contribution in [0.3, 0.4) is 0 Å². The minimum atomic E-state index is 0. The lowest BCUT2D eigenvalue weighted by molar-refractivity contribution is 0.322. The molecular weight excluding hydrogens is 457 g/mol. The van der Waals surface area contributed by atoms with Gasteiger partial charge in [0.05, 0.1) is 6.54 Å². The van der Waals surface area contributed by atoms with Crippen molar-refractivity contribution >= 4 is 41.3 Å². The van der Waals surface area contributed by atoms with Crippen LogP contribution in [0.1, 0.15) is 28.8 Å². The lowest BCUT2D eigenvalue weighted by Crippen LogP contribution is -2.38. The van der Waals surface area contributed by atoms with E-state index in [1.54, 1.807) is 18.4 Å². The summed E-state index contributed by atoms with van der Waals surface area (Å²) < 4.78 is 0. The van der Waals surface area contributed by atoms with Gasteiger partial charge >= 0.3 is 0 Å². The number of halogens is 1. The number of guanidine groups is 1. The van der Waals surface area contributed by atoms with Crippen molar-refractivity contribution in [3.63, 3.8) is 0 Å². The van der Waals surface area contributed by atoms with Crippen LogP contribution < -0.4 is 10.6 Å². The molecule has 0 radical (unpaired) electrons. The van der Waals surface area contributed by atoms with Crippen molar-refractivity contribution in [2.75, 3.05) is 27.2 Å². The van der Waals surface area contributed by atoms with E-state index in [0.29, 0.717) is 0 Å². The SMILES string of the molecule is CCc1cnc(CNC(=NC)NCCCN(C)Cc2ccccc2)s1.I. The van der Waals surface area contributed by atoms with E-state index in [-0.39, 0.29) is 24.0 Å². The zero-order valence-corrected chi connectivity index (χ0v) is 19.0. The molecule has 0 aliphatic heterocycles. The molecule has 0 aliphatic carbocycles. The number of aromatic nitrogens is 1. The Morgan fingerprint density at radius 3 is 2.65 bits per heavy atom. The van der Waals surface area contributed by atoms with Gasteiger partial charge in [0.2, 0.25) is 0 Å². The molecule has 26 heavy (non-hydrogen) atoms. The molecule has 1 aromatic heterocycles. The number of hydrogen-bond donors (Lipinski definition) is 2. The number of aryl methyl sites for hydroxylation is 1. The van der Waals surface area contributed by atoms with Crippen LogP contribution in [-0.2, 0) is 19.5 Å². The smallest absolute Gasteiger partial charge is 0.191 e. The summed E-state index contributed by atoms with van der Waals surface area (Å²) >= 11 is 1.76. The average Bonchev–Trinajstić information content (AvgIpc) is 3.10. The van der Waals surface area contributed by atoms with Crippen molar-refractivity contribution in [1.82, 2.24) is 20.5 Å². The second kappa shape index (κ2) is 13.1. The first kappa shape index (κ1) is 22.9. The van der Waals surface area contributed by atoms with Gasteiger partial charge in [-0.1, -0.05) is 37.3 Å². The Labute approximate surface area is 178 Å². The molecule has 0 unspecified atom stereocenters. The fraction of sp³-hybridized carbons (Fsp3) is 0.474. The molecule has 0 saturated heterocycles. The highest BCUT2D eigenvalue weighted by molar-refractivity contribution is 14.0. The Bertz CT molecular complexity index is 644. The first-order valence-corrected chi connectivity index (χ1v) is 9.63. The molecule has 2 aromatic rings. The molecule has 0 saturated carbocycles. The van der Waals surface area contributed by atoms with Crippen molar-refractivity contribution in [3.8, 4) is 0 Å². The quantitative estimate of drug-likeness (QED) is 0.246. The highest BCUT2D eigenvalue weighted by atomic mass is 127. The Morgan fingerprint density at radius 2 is 2.00 bits per heavy atom. The molecular formula is C19H30IN5S. The zero-order chi connectivity index (χ0) is 17.9. The lowest BCUT2D eigenvalue weighted by atomic mass is 10.2. The first-order chi connectivity index (χ1) is 12.2. The second-order valence-electron chi connectivity index (χ2n) is 6.00. The molecule has 1 aromatic carbocycles. The number of aliphatic imine (C=N–C) groups is 1. The number of nitrogens with zero attached hydrogens (tertiary/aromatic N) is 3. The van der Waals surface area contributed by atoms with Crippen LogP contribution >= 0.6 is 35.3 Å². The van der Waals surface area contributed by atoms with Crippen LogP contribution in [0.4, 0.5) is 0 Å². The van der Waals surface area contributed by atoms with Gasteiger partial charge in [-0.3, -0.25) is 4.99 Å². The van der Waals surface area contributed by atoms with E-state index in [1.807, 2.05) is 6.20 Å². The molecule has 5 nitrogen and oxygen atoms in total.